The van der Waals surface area contributed by atoms with Crippen LogP contribution in [0.15, 0.2) is 47.8 Å². The zero-order valence-electron chi connectivity index (χ0n) is 15.0. The maximum absolute atomic E-state index is 13.4. The highest BCUT2D eigenvalue weighted by Crippen LogP contribution is 2.31. The molecule has 1 aliphatic rings. The Labute approximate surface area is 168 Å². The first-order valence-corrected chi connectivity index (χ1v) is 9.62. The van der Waals surface area contributed by atoms with Gasteiger partial charge < -0.3 is 15.0 Å². The Hall–Kier alpha value is -3.33. The molecule has 0 spiro atoms. The third-order valence-corrected chi connectivity index (χ3v) is 5.09. The van der Waals surface area contributed by atoms with Gasteiger partial charge in [0.15, 0.2) is 23.4 Å². The SMILES string of the molecule is O=C(CCN1C(=O)COc2ccccc21)Nc1nc(-c2ccc(F)c(F)c2)cs1. The number of benzene rings is 2. The summed E-state index contributed by atoms with van der Waals surface area (Å²) < 4.78 is 31.8. The number of hydrogen-bond acceptors (Lipinski definition) is 5. The first kappa shape index (κ1) is 19.0. The van der Waals surface area contributed by atoms with Gasteiger partial charge in [0.1, 0.15) is 5.75 Å². The topological polar surface area (TPSA) is 71.5 Å². The number of anilines is 2. The first-order chi connectivity index (χ1) is 14.0. The zero-order valence-corrected chi connectivity index (χ0v) is 15.8. The predicted octanol–water partition coefficient (Wildman–Crippen LogP) is 3.84. The number of rotatable bonds is 5. The molecule has 4 rings (SSSR count). The number of ether oxygens (including phenoxy) is 1. The highest BCUT2D eigenvalue weighted by molar-refractivity contribution is 7.14. The van der Waals surface area contributed by atoms with E-state index in [0.717, 1.165) is 12.1 Å². The van der Waals surface area contributed by atoms with Crippen molar-refractivity contribution in [3.63, 3.8) is 0 Å². The Balaban J connectivity index is 1.39. The maximum atomic E-state index is 13.4. The van der Waals surface area contributed by atoms with Crippen molar-refractivity contribution in [1.82, 2.24) is 4.98 Å². The third-order valence-electron chi connectivity index (χ3n) is 4.34. The number of carbonyl (C=O) groups is 2. The van der Waals surface area contributed by atoms with Crippen molar-refractivity contribution in [2.24, 2.45) is 0 Å². The van der Waals surface area contributed by atoms with Crippen molar-refractivity contribution < 1.29 is 23.1 Å². The van der Waals surface area contributed by atoms with E-state index in [1.165, 1.54) is 22.3 Å². The molecule has 9 heteroatoms. The van der Waals surface area contributed by atoms with Crippen LogP contribution in [0.4, 0.5) is 19.6 Å². The molecule has 148 valence electrons. The van der Waals surface area contributed by atoms with Crippen LogP contribution in [0, 0.1) is 11.6 Å². The van der Waals surface area contributed by atoms with Gasteiger partial charge in [-0.1, -0.05) is 12.1 Å². The Kier molecular flexibility index (Phi) is 5.22. The predicted molar refractivity (Wildman–Crippen MR) is 105 cm³/mol. The van der Waals surface area contributed by atoms with E-state index in [4.69, 9.17) is 4.74 Å². The second-order valence-electron chi connectivity index (χ2n) is 6.27. The molecule has 0 aliphatic carbocycles. The van der Waals surface area contributed by atoms with Gasteiger partial charge >= 0.3 is 0 Å². The lowest BCUT2D eigenvalue weighted by Crippen LogP contribution is -2.40. The largest absolute Gasteiger partial charge is 0.482 e. The summed E-state index contributed by atoms with van der Waals surface area (Å²) in [5.41, 5.74) is 1.48. The molecule has 3 aromatic rings. The minimum atomic E-state index is -0.962. The molecule has 1 N–H and O–H groups in total. The second-order valence-corrected chi connectivity index (χ2v) is 7.12. The lowest BCUT2D eigenvalue weighted by Gasteiger charge is -2.29. The summed E-state index contributed by atoms with van der Waals surface area (Å²) in [6.07, 6.45) is 0.0696. The van der Waals surface area contributed by atoms with Crippen LogP contribution >= 0.6 is 11.3 Å². The van der Waals surface area contributed by atoms with Crippen LogP contribution in [0.25, 0.3) is 11.3 Å². The number of nitrogens with zero attached hydrogens (tertiary/aromatic N) is 2. The zero-order chi connectivity index (χ0) is 20.4. The molecule has 0 unspecified atom stereocenters. The summed E-state index contributed by atoms with van der Waals surface area (Å²) >= 11 is 1.17. The average Bonchev–Trinajstić information content (AvgIpc) is 3.17. The maximum Gasteiger partial charge on any atom is 0.265 e. The van der Waals surface area contributed by atoms with Gasteiger partial charge in [0.25, 0.3) is 5.91 Å². The molecule has 2 amide bonds. The molecule has 29 heavy (non-hydrogen) atoms. The molecule has 1 aliphatic heterocycles. The van der Waals surface area contributed by atoms with Crippen LogP contribution < -0.4 is 15.0 Å². The van der Waals surface area contributed by atoms with Gasteiger partial charge in [0.2, 0.25) is 5.91 Å². The average molecular weight is 415 g/mol. The molecule has 6 nitrogen and oxygen atoms in total. The monoisotopic (exact) mass is 415 g/mol. The van der Waals surface area contributed by atoms with Gasteiger partial charge in [-0.2, -0.15) is 0 Å². The fraction of sp³-hybridized carbons (Fsp3) is 0.150. The highest BCUT2D eigenvalue weighted by Gasteiger charge is 2.25. The molecule has 0 saturated carbocycles. The summed E-state index contributed by atoms with van der Waals surface area (Å²) in [6, 6.07) is 10.6. The number of thiazole rings is 1. The number of hydrogen-bond donors (Lipinski definition) is 1. The van der Waals surface area contributed by atoms with Crippen molar-refractivity contribution in [3.8, 4) is 17.0 Å². The third kappa shape index (κ3) is 4.09. The Bertz CT molecular complexity index is 1090. The minimum absolute atomic E-state index is 0.0668. The van der Waals surface area contributed by atoms with Gasteiger partial charge in [0.05, 0.1) is 11.4 Å². The van der Waals surface area contributed by atoms with E-state index in [-0.39, 0.29) is 31.4 Å². The summed E-state index contributed by atoms with van der Waals surface area (Å²) in [5.74, 6) is -1.82. The van der Waals surface area contributed by atoms with E-state index < -0.39 is 11.6 Å². The van der Waals surface area contributed by atoms with Crippen molar-refractivity contribution in [2.75, 3.05) is 23.4 Å². The number of halogens is 2. The molecule has 0 fully saturated rings. The van der Waals surface area contributed by atoms with Crippen molar-refractivity contribution >= 4 is 34.0 Å². The number of fused-ring (bicyclic) bond motifs is 1. The molecule has 0 saturated heterocycles. The number of para-hydroxylation sites is 2. The molecule has 0 radical (unpaired) electrons. The van der Waals surface area contributed by atoms with Gasteiger partial charge in [-0.25, -0.2) is 13.8 Å². The summed E-state index contributed by atoms with van der Waals surface area (Å²) in [7, 11) is 0. The molecule has 0 atom stereocenters. The van der Waals surface area contributed by atoms with E-state index in [1.807, 2.05) is 6.07 Å². The second kappa shape index (κ2) is 7.96. The van der Waals surface area contributed by atoms with E-state index in [1.54, 1.807) is 23.6 Å². The highest BCUT2D eigenvalue weighted by atomic mass is 32.1. The molecule has 1 aromatic heterocycles. The van der Waals surface area contributed by atoms with E-state index >= 15 is 0 Å². The number of amides is 2. The summed E-state index contributed by atoms with van der Waals surface area (Å²) in [6.45, 7) is 0.134. The van der Waals surface area contributed by atoms with E-state index in [2.05, 4.69) is 10.3 Å². The molecule has 2 aromatic carbocycles. The number of carbonyl (C=O) groups excluding carboxylic acids is 2. The van der Waals surface area contributed by atoms with E-state index in [9.17, 15) is 18.4 Å². The summed E-state index contributed by atoms with van der Waals surface area (Å²) in [5, 5.41) is 4.65. The molecular formula is C20H15F2N3O3S. The van der Waals surface area contributed by atoms with Crippen LogP contribution in [-0.4, -0.2) is 29.9 Å². The van der Waals surface area contributed by atoms with Crippen LogP contribution in [0.5, 0.6) is 5.75 Å². The smallest absolute Gasteiger partial charge is 0.265 e. The number of aromatic nitrogens is 1. The normalized spacial score (nSPS) is 13.0. The van der Waals surface area contributed by atoms with Gasteiger partial charge in [0, 0.05) is 23.9 Å². The molecule has 2 heterocycles. The van der Waals surface area contributed by atoms with Gasteiger partial charge in [-0.3, -0.25) is 9.59 Å². The van der Waals surface area contributed by atoms with Crippen molar-refractivity contribution in [1.29, 1.82) is 0 Å². The van der Waals surface area contributed by atoms with Gasteiger partial charge in [-0.15, -0.1) is 11.3 Å². The van der Waals surface area contributed by atoms with Crippen molar-refractivity contribution in [3.05, 3.63) is 59.5 Å². The molecule has 0 bridgehead atoms. The minimum Gasteiger partial charge on any atom is -0.482 e. The fourth-order valence-electron chi connectivity index (χ4n) is 2.91. The Morgan fingerprint density at radius 3 is 2.86 bits per heavy atom. The standard InChI is InChI=1S/C20H15F2N3O3S/c21-13-6-5-12(9-14(13)22)15-11-29-20(23-15)24-18(26)7-8-25-16-3-1-2-4-17(16)28-10-19(25)27/h1-6,9,11H,7-8,10H2,(H,23,24,26). The van der Waals surface area contributed by atoms with Crippen LogP contribution in [0.1, 0.15) is 6.42 Å². The molecular weight excluding hydrogens is 400 g/mol. The van der Waals surface area contributed by atoms with Crippen LogP contribution in [0.2, 0.25) is 0 Å². The first-order valence-electron chi connectivity index (χ1n) is 8.74. The lowest BCUT2D eigenvalue weighted by atomic mass is 10.2. The summed E-state index contributed by atoms with van der Waals surface area (Å²) in [4.78, 5) is 30.2. The fourth-order valence-corrected chi connectivity index (χ4v) is 3.65. The quantitative estimate of drug-likeness (QED) is 0.687. The van der Waals surface area contributed by atoms with E-state index in [0.29, 0.717) is 27.8 Å². The van der Waals surface area contributed by atoms with Gasteiger partial charge in [-0.05, 0) is 30.3 Å². The van der Waals surface area contributed by atoms with Crippen molar-refractivity contribution in [2.45, 2.75) is 6.42 Å². The lowest BCUT2D eigenvalue weighted by molar-refractivity contribution is -0.121. The van der Waals surface area contributed by atoms with Crippen LogP contribution in [0.3, 0.4) is 0 Å². The Morgan fingerprint density at radius 2 is 2.03 bits per heavy atom. The number of nitrogens with one attached hydrogen (secondary N) is 1. The Morgan fingerprint density at radius 1 is 1.21 bits per heavy atom. The van der Waals surface area contributed by atoms with Crippen LogP contribution in [-0.2, 0) is 9.59 Å².